The third-order valence-electron chi connectivity index (χ3n) is 7.13. The summed E-state index contributed by atoms with van der Waals surface area (Å²) in [6, 6.07) is 8.30. The largest absolute Gasteiger partial charge is 0.611 e. The SMILES string of the molecule is CCCN1CC(Nc2nc(N3CCC(c4ccc(Cl)cc4)CC3)nc3c2[S+]([O-])CC3)CCC1=O. The summed E-state index contributed by atoms with van der Waals surface area (Å²) in [4.78, 5) is 26.9. The second-order valence-corrected chi connectivity index (χ2v) is 11.4. The van der Waals surface area contributed by atoms with Crippen molar-refractivity contribution in [1.82, 2.24) is 14.9 Å². The molecule has 2 saturated heterocycles. The summed E-state index contributed by atoms with van der Waals surface area (Å²) >= 11 is 4.98. The lowest BCUT2D eigenvalue weighted by atomic mass is 9.89. The number of amides is 1. The fourth-order valence-electron chi connectivity index (χ4n) is 5.28. The zero-order chi connectivity index (χ0) is 23.7. The Hall–Kier alpha value is -2.03. The van der Waals surface area contributed by atoms with Crippen LogP contribution in [0.15, 0.2) is 29.2 Å². The third-order valence-corrected chi connectivity index (χ3v) is 8.84. The number of nitrogens with one attached hydrogen (secondary N) is 1. The number of aryl methyl sites for hydroxylation is 1. The molecule has 34 heavy (non-hydrogen) atoms. The van der Waals surface area contributed by atoms with Gasteiger partial charge in [0.1, 0.15) is 11.4 Å². The first-order valence-electron chi connectivity index (χ1n) is 12.4. The van der Waals surface area contributed by atoms with Crippen LogP contribution in [-0.2, 0) is 22.4 Å². The molecular weight excluding hydrogens is 470 g/mol. The Morgan fingerprint density at radius 2 is 1.91 bits per heavy atom. The number of hydrogen-bond donors (Lipinski definition) is 1. The Kier molecular flexibility index (Phi) is 7.18. The Labute approximate surface area is 209 Å². The highest BCUT2D eigenvalue weighted by molar-refractivity contribution is 7.91. The van der Waals surface area contributed by atoms with Crippen molar-refractivity contribution >= 4 is 40.5 Å². The highest BCUT2D eigenvalue weighted by Gasteiger charge is 2.35. The number of aromatic nitrogens is 2. The highest BCUT2D eigenvalue weighted by atomic mass is 35.5. The molecule has 7 nitrogen and oxygen atoms in total. The standard InChI is InChI=1S/C25H32ClN5O2S/c1-2-12-31-16-20(7-8-22(31)32)27-24-23-21(11-15-34(23)33)28-25(29-24)30-13-9-18(10-14-30)17-3-5-19(26)6-4-17/h3-6,18,20H,2,7-16H2,1H3,(H,27,28,29). The number of anilines is 2. The summed E-state index contributed by atoms with van der Waals surface area (Å²) < 4.78 is 12.8. The van der Waals surface area contributed by atoms with E-state index in [2.05, 4.69) is 29.3 Å². The quantitative estimate of drug-likeness (QED) is 0.602. The molecule has 3 aliphatic rings. The summed E-state index contributed by atoms with van der Waals surface area (Å²) in [6.07, 6.45) is 5.05. The van der Waals surface area contributed by atoms with Crippen LogP contribution in [0.1, 0.15) is 56.2 Å². The lowest BCUT2D eigenvalue weighted by Crippen LogP contribution is -2.46. The molecule has 0 bridgehead atoms. The van der Waals surface area contributed by atoms with E-state index in [-0.39, 0.29) is 11.9 Å². The molecule has 3 aliphatic heterocycles. The molecule has 0 aliphatic carbocycles. The minimum Gasteiger partial charge on any atom is -0.611 e. The predicted octanol–water partition coefficient (Wildman–Crippen LogP) is 3.99. The van der Waals surface area contributed by atoms with E-state index >= 15 is 0 Å². The van der Waals surface area contributed by atoms with E-state index in [0.29, 0.717) is 30.5 Å². The van der Waals surface area contributed by atoms with Crippen molar-refractivity contribution in [3.8, 4) is 0 Å². The first kappa shape index (κ1) is 23.7. The van der Waals surface area contributed by atoms with Crippen LogP contribution in [0.4, 0.5) is 11.8 Å². The zero-order valence-corrected chi connectivity index (χ0v) is 21.2. The van der Waals surface area contributed by atoms with E-state index in [1.54, 1.807) is 0 Å². The van der Waals surface area contributed by atoms with Crippen molar-refractivity contribution in [2.24, 2.45) is 0 Å². The molecule has 2 atom stereocenters. The number of nitrogens with zero attached hydrogens (tertiary/aromatic N) is 4. The summed E-state index contributed by atoms with van der Waals surface area (Å²) in [5.74, 6) is 2.77. The Bertz CT molecular complexity index is 1030. The molecule has 2 unspecified atom stereocenters. The first-order chi connectivity index (χ1) is 16.5. The van der Waals surface area contributed by atoms with E-state index in [9.17, 15) is 9.35 Å². The fourth-order valence-corrected chi connectivity index (χ4v) is 6.72. The van der Waals surface area contributed by atoms with Crippen molar-refractivity contribution in [2.75, 3.05) is 42.1 Å². The smallest absolute Gasteiger partial charge is 0.227 e. The average Bonchev–Trinajstić information content (AvgIpc) is 3.23. The van der Waals surface area contributed by atoms with E-state index < -0.39 is 11.2 Å². The molecule has 1 aromatic carbocycles. The molecule has 1 aromatic heterocycles. The summed E-state index contributed by atoms with van der Waals surface area (Å²) in [6.45, 7) is 5.30. The van der Waals surface area contributed by atoms with Crippen molar-refractivity contribution in [3.05, 3.63) is 40.5 Å². The van der Waals surface area contributed by atoms with Crippen LogP contribution >= 0.6 is 11.6 Å². The van der Waals surface area contributed by atoms with Crippen LogP contribution in [0.5, 0.6) is 0 Å². The van der Waals surface area contributed by atoms with E-state index in [4.69, 9.17) is 21.6 Å². The normalized spacial score (nSPS) is 23.3. The summed E-state index contributed by atoms with van der Waals surface area (Å²) in [5.41, 5.74) is 2.24. The van der Waals surface area contributed by atoms with Crippen molar-refractivity contribution < 1.29 is 9.35 Å². The molecule has 2 aromatic rings. The number of rotatable bonds is 6. The molecule has 4 heterocycles. The third kappa shape index (κ3) is 4.99. The second kappa shape index (κ2) is 10.3. The van der Waals surface area contributed by atoms with Crippen molar-refractivity contribution in [2.45, 2.75) is 62.3 Å². The maximum atomic E-state index is 12.8. The number of benzene rings is 1. The van der Waals surface area contributed by atoms with E-state index in [1.807, 2.05) is 17.0 Å². The lowest BCUT2D eigenvalue weighted by Gasteiger charge is -2.34. The van der Waals surface area contributed by atoms with Crippen molar-refractivity contribution in [3.63, 3.8) is 0 Å². The molecule has 0 radical (unpaired) electrons. The fraction of sp³-hybridized carbons (Fsp3) is 0.560. The van der Waals surface area contributed by atoms with Gasteiger partial charge in [0.15, 0.2) is 5.82 Å². The number of halogens is 1. The van der Waals surface area contributed by atoms with E-state index in [0.717, 1.165) is 73.3 Å². The Balaban J connectivity index is 1.32. The van der Waals surface area contributed by atoms with Crippen LogP contribution in [0.3, 0.4) is 0 Å². The molecule has 5 rings (SSSR count). The number of carbonyl (C=O) groups is 1. The number of likely N-dealkylation sites (tertiary alicyclic amines) is 1. The van der Waals surface area contributed by atoms with E-state index in [1.165, 1.54) is 5.56 Å². The number of piperidine rings is 2. The van der Waals surface area contributed by atoms with Gasteiger partial charge in [-0.2, -0.15) is 4.98 Å². The van der Waals surface area contributed by atoms with Gasteiger partial charge in [0.25, 0.3) is 0 Å². The first-order valence-corrected chi connectivity index (χ1v) is 14.1. The lowest BCUT2D eigenvalue weighted by molar-refractivity contribution is -0.133. The zero-order valence-electron chi connectivity index (χ0n) is 19.6. The topological polar surface area (TPSA) is 84.4 Å². The molecular formula is C25H32ClN5O2S. The average molecular weight is 502 g/mol. The Morgan fingerprint density at radius 3 is 2.65 bits per heavy atom. The van der Waals surface area contributed by atoms with Gasteiger partial charge < -0.3 is 19.7 Å². The minimum absolute atomic E-state index is 0.115. The molecule has 2 fully saturated rings. The maximum absolute atomic E-state index is 12.8. The van der Waals surface area contributed by atoms with Gasteiger partial charge in [-0.15, -0.1) is 0 Å². The number of fused-ring (bicyclic) bond motifs is 1. The number of hydrogen-bond acceptors (Lipinski definition) is 6. The molecule has 182 valence electrons. The van der Waals surface area contributed by atoms with Gasteiger partial charge in [-0.05, 0) is 60.5 Å². The van der Waals surface area contributed by atoms with Crippen LogP contribution < -0.4 is 10.2 Å². The molecule has 1 amide bonds. The van der Waals surface area contributed by atoms with Crippen LogP contribution in [0.2, 0.25) is 5.02 Å². The van der Waals surface area contributed by atoms with Gasteiger partial charge in [-0.3, -0.25) is 4.79 Å². The molecule has 0 saturated carbocycles. The van der Waals surface area contributed by atoms with Crippen LogP contribution in [-0.4, -0.2) is 63.3 Å². The Morgan fingerprint density at radius 1 is 1.15 bits per heavy atom. The molecule has 0 spiro atoms. The number of carbonyl (C=O) groups excluding carboxylic acids is 1. The monoisotopic (exact) mass is 501 g/mol. The summed E-state index contributed by atoms with van der Waals surface area (Å²) in [7, 11) is 0. The van der Waals surface area contributed by atoms with Crippen molar-refractivity contribution in [1.29, 1.82) is 0 Å². The van der Waals surface area contributed by atoms with Gasteiger partial charge >= 0.3 is 0 Å². The molecule has 1 N–H and O–H groups in total. The van der Waals surface area contributed by atoms with Crippen LogP contribution in [0.25, 0.3) is 0 Å². The molecule has 9 heteroatoms. The summed E-state index contributed by atoms with van der Waals surface area (Å²) in [5, 5.41) is 4.33. The highest BCUT2D eigenvalue weighted by Crippen LogP contribution is 2.35. The predicted molar refractivity (Wildman–Crippen MR) is 136 cm³/mol. The van der Waals surface area contributed by atoms with Gasteiger partial charge in [0.05, 0.1) is 0 Å². The maximum Gasteiger partial charge on any atom is 0.227 e. The van der Waals surface area contributed by atoms with Crippen LogP contribution in [0, 0.1) is 0 Å². The second-order valence-electron chi connectivity index (χ2n) is 9.48. The van der Waals surface area contributed by atoms with Gasteiger partial charge in [-0.25, -0.2) is 4.98 Å². The van der Waals surface area contributed by atoms with Gasteiger partial charge in [-0.1, -0.05) is 30.7 Å². The van der Waals surface area contributed by atoms with Gasteiger partial charge in [0.2, 0.25) is 16.8 Å². The van der Waals surface area contributed by atoms with Gasteiger partial charge in [0, 0.05) is 50.1 Å². The minimum atomic E-state index is -1.08.